The lowest BCUT2D eigenvalue weighted by atomic mass is 10.1. The number of carbonyl (C=O) groups excluding carboxylic acids is 1. The van der Waals surface area contributed by atoms with E-state index in [9.17, 15) is 9.18 Å². The lowest BCUT2D eigenvalue weighted by Crippen LogP contribution is -2.18. The zero-order valence-corrected chi connectivity index (χ0v) is 12.4. The molecule has 4 N–H and O–H groups in total. The molecule has 0 saturated heterocycles. The van der Waals surface area contributed by atoms with E-state index in [0.717, 1.165) is 4.47 Å². The fourth-order valence-corrected chi connectivity index (χ4v) is 2.17. The number of hydrogen-bond acceptors (Lipinski definition) is 3. The molecule has 0 fully saturated rings. The van der Waals surface area contributed by atoms with Crippen molar-refractivity contribution in [2.24, 2.45) is 5.84 Å². The van der Waals surface area contributed by atoms with Gasteiger partial charge in [0.15, 0.2) is 0 Å². The number of anilines is 2. The molecule has 0 aliphatic heterocycles. The average Bonchev–Trinajstić information content (AvgIpc) is 2.42. The lowest BCUT2D eigenvalue weighted by molar-refractivity contribution is 0.102. The topological polar surface area (TPSA) is 67.1 Å². The Balaban J connectivity index is 2.33. The first-order chi connectivity index (χ1) is 9.52. The quantitative estimate of drug-likeness (QED) is 0.578. The van der Waals surface area contributed by atoms with Gasteiger partial charge in [0.2, 0.25) is 0 Å². The van der Waals surface area contributed by atoms with Gasteiger partial charge in [-0.05, 0) is 30.3 Å². The summed E-state index contributed by atoms with van der Waals surface area (Å²) in [5.74, 6) is 4.11. The fraction of sp³-hybridized carbons (Fsp3) is 0. The Morgan fingerprint density at radius 2 is 2.05 bits per heavy atom. The third-order valence-corrected chi connectivity index (χ3v) is 3.40. The number of nitrogens with two attached hydrogens (primary N) is 1. The first-order valence-electron chi connectivity index (χ1n) is 5.54. The number of hydrogen-bond donors (Lipinski definition) is 3. The molecule has 0 radical (unpaired) electrons. The molecule has 4 nitrogen and oxygen atoms in total. The summed E-state index contributed by atoms with van der Waals surface area (Å²) in [5.41, 5.74) is 2.61. The van der Waals surface area contributed by atoms with Crippen molar-refractivity contribution < 1.29 is 9.18 Å². The second-order valence-electron chi connectivity index (χ2n) is 3.89. The normalized spacial score (nSPS) is 10.2. The van der Waals surface area contributed by atoms with Crippen LogP contribution in [0.2, 0.25) is 5.02 Å². The lowest BCUT2D eigenvalue weighted by Gasteiger charge is -2.11. The van der Waals surface area contributed by atoms with E-state index in [0.29, 0.717) is 10.7 Å². The van der Waals surface area contributed by atoms with Crippen LogP contribution >= 0.6 is 27.5 Å². The smallest absolute Gasteiger partial charge is 0.257 e. The highest BCUT2D eigenvalue weighted by molar-refractivity contribution is 9.10. The maximum Gasteiger partial charge on any atom is 0.257 e. The number of para-hydroxylation sites is 1. The van der Waals surface area contributed by atoms with Gasteiger partial charge < -0.3 is 10.7 Å². The van der Waals surface area contributed by atoms with Crippen LogP contribution in [-0.4, -0.2) is 5.91 Å². The molecule has 0 atom stereocenters. The van der Waals surface area contributed by atoms with Crippen LogP contribution in [0, 0.1) is 5.82 Å². The Bertz CT molecular complexity index is 666. The van der Waals surface area contributed by atoms with Crippen molar-refractivity contribution in [3.63, 3.8) is 0 Å². The van der Waals surface area contributed by atoms with Crippen LogP contribution in [-0.2, 0) is 0 Å². The predicted octanol–water partition coefficient (Wildman–Crippen LogP) is 3.78. The van der Waals surface area contributed by atoms with Crippen LogP contribution in [0.1, 0.15) is 10.4 Å². The molecule has 1 amide bonds. The molecule has 0 aromatic heterocycles. The highest BCUT2D eigenvalue weighted by atomic mass is 79.9. The van der Waals surface area contributed by atoms with Gasteiger partial charge in [-0.2, -0.15) is 0 Å². The molecule has 0 bridgehead atoms. The molecule has 0 heterocycles. The molecule has 0 aliphatic rings. The van der Waals surface area contributed by atoms with E-state index in [-0.39, 0.29) is 11.3 Å². The standard InChI is InChI=1S/C13H10BrClFN3O/c14-7-4-5-9(15)11(6-7)18-13(20)8-2-1-3-10(16)12(8)19-17/h1-6,19H,17H2,(H,18,20). The van der Waals surface area contributed by atoms with Crippen LogP contribution in [0.25, 0.3) is 0 Å². The third kappa shape index (κ3) is 3.09. The van der Waals surface area contributed by atoms with Crippen molar-refractivity contribution in [2.45, 2.75) is 0 Å². The van der Waals surface area contributed by atoms with Gasteiger partial charge in [-0.25, -0.2) is 4.39 Å². The molecule has 7 heteroatoms. The number of nitrogen functional groups attached to an aromatic ring is 1. The Hall–Kier alpha value is -1.63. The van der Waals surface area contributed by atoms with E-state index >= 15 is 0 Å². The molecule has 0 unspecified atom stereocenters. The maximum absolute atomic E-state index is 13.5. The third-order valence-electron chi connectivity index (χ3n) is 2.58. The summed E-state index contributed by atoms with van der Waals surface area (Å²) >= 11 is 9.26. The van der Waals surface area contributed by atoms with Gasteiger partial charge in [-0.15, -0.1) is 0 Å². The Kier molecular flexibility index (Phi) is 4.59. The van der Waals surface area contributed by atoms with Crippen LogP contribution < -0.4 is 16.6 Å². The van der Waals surface area contributed by atoms with E-state index in [1.54, 1.807) is 18.2 Å². The van der Waals surface area contributed by atoms with Gasteiger partial charge in [0, 0.05) is 4.47 Å². The largest absolute Gasteiger partial charge is 0.321 e. The van der Waals surface area contributed by atoms with Crippen LogP contribution in [0.5, 0.6) is 0 Å². The summed E-state index contributed by atoms with van der Waals surface area (Å²) in [6, 6.07) is 9.11. The number of rotatable bonds is 3. The Morgan fingerprint density at radius 3 is 2.75 bits per heavy atom. The van der Waals surface area contributed by atoms with Gasteiger partial charge >= 0.3 is 0 Å². The molecule has 0 spiro atoms. The summed E-state index contributed by atoms with van der Waals surface area (Å²) in [5, 5.41) is 2.98. The van der Waals surface area contributed by atoms with E-state index < -0.39 is 11.7 Å². The number of halogens is 3. The van der Waals surface area contributed by atoms with Crippen LogP contribution in [0.15, 0.2) is 40.9 Å². The van der Waals surface area contributed by atoms with Gasteiger partial charge in [0.05, 0.1) is 22.0 Å². The van der Waals surface area contributed by atoms with E-state index in [1.165, 1.54) is 18.2 Å². The highest BCUT2D eigenvalue weighted by Gasteiger charge is 2.15. The number of amides is 1. The number of benzene rings is 2. The van der Waals surface area contributed by atoms with E-state index in [2.05, 4.69) is 26.7 Å². The molecule has 0 aliphatic carbocycles. The monoisotopic (exact) mass is 357 g/mol. The maximum atomic E-state index is 13.5. The molecule has 2 aromatic carbocycles. The van der Waals surface area contributed by atoms with Gasteiger partial charge in [0.25, 0.3) is 5.91 Å². The molecule has 2 rings (SSSR count). The molecular weight excluding hydrogens is 349 g/mol. The van der Waals surface area contributed by atoms with Gasteiger partial charge in [0.1, 0.15) is 5.82 Å². The van der Waals surface area contributed by atoms with Crippen molar-refractivity contribution in [3.05, 3.63) is 57.3 Å². The van der Waals surface area contributed by atoms with Crippen molar-refractivity contribution in [2.75, 3.05) is 10.7 Å². The minimum atomic E-state index is -0.611. The number of nitrogens with one attached hydrogen (secondary N) is 2. The second-order valence-corrected chi connectivity index (χ2v) is 5.21. The Labute approximate surface area is 128 Å². The second kappa shape index (κ2) is 6.21. The predicted molar refractivity (Wildman–Crippen MR) is 81.3 cm³/mol. The number of hydrazine groups is 1. The minimum Gasteiger partial charge on any atom is -0.321 e. The molecule has 20 heavy (non-hydrogen) atoms. The highest BCUT2D eigenvalue weighted by Crippen LogP contribution is 2.27. The zero-order valence-electron chi connectivity index (χ0n) is 10.1. The van der Waals surface area contributed by atoms with Crippen molar-refractivity contribution in [1.82, 2.24) is 0 Å². The first kappa shape index (κ1) is 14.8. The van der Waals surface area contributed by atoms with Gasteiger partial charge in [-0.1, -0.05) is 33.6 Å². The molecule has 0 saturated carbocycles. The fourth-order valence-electron chi connectivity index (χ4n) is 1.64. The Morgan fingerprint density at radius 1 is 1.30 bits per heavy atom. The van der Waals surface area contributed by atoms with E-state index in [1.807, 2.05) is 0 Å². The van der Waals surface area contributed by atoms with Crippen LogP contribution in [0.3, 0.4) is 0 Å². The summed E-state index contributed by atoms with van der Waals surface area (Å²) in [4.78, 5) is 12.2. The summed E-state index contributed by atoms with van der Waals surface area (Å²) in [6.07, 6.45) is 0. The van der Waals surface area contributed by atoms with Gasteiger partial charge in [-0.3, -0.25) is 10.6 Å². The molecule has 2 aromatic rings. The zero-order chi connectivity index (χ0) is 14.7. The minimum absolute atomic E-state index is 0.0730. The van der Waals surface area contributed by atoms with Crippen LogP contribution in [0.4, 0.5) is 15.8 Å². The first-order valence-corrected chi connectivity index (χ1v) is 6.71. The molecular formula is C13H10BrClFN3O. The SMILES string of the molecule is NNc1c(F)cccc1C(=O)Nc1cc(Br)ccc1Cl. The van der Waals surface area contributed by atoms with Crippen molar-refractivity contribution in [1.29, 1.82) is 0 Å². The van der Waals surface area contributed by atoms with Crippen molar-refractivity contribution in [3.8, 4) is 0 Å². The molecule has 104 valence electrons. The summed E-state index contributed by atoms with van der Waals surface area (Å²) in [6.45, 7) is 0. The average molecular weight is 359 g/mol. The summed E-state index contributed by atoms with van der Waals surface area (Å²) < 4.78 is 14.3. The van der Waals surface area contributed by atoms with Crippen molar-refractivity contribution >= 4 is 44.8 Å². The summed E-state index contributed by atoms with van der Waals surface area (Å²) in [7, 11) is 0. The van der Waals surface area contributed by atoms with E-state index in [4.69, 9.17) is 17.4 Å². The number of carbonyl (C=O) groups is 1.